The molecule has 2 nitrogen and oxygen atoms in total. The van der Waals surface area contributed by atoms with Crippen molar-refractivity contribution in [2.24, 2.45) is 0 Å². The molecule has 0 aliphatic rings. The summed E-state index contributed by atoms with van der Waals surface area (Å²) in [5.74, 6) is -0.0109. The van der Waals surface area contributed by atoms with Gasteiger partial charge in [-0.1, -0.05) is 0 Å². The largest absolute Gasteiger partial charge is 0.441 e. The summed E-state index contributed by atoms with van der Waals surface area (Å²) in [4.78, 5) is 0. The number of rotatable bonds is 4. The van der Waals surface area contributed by atoms with Crippen LogP contribution in [0.1, 0.15) is 5.56 Å². The molecule has 0 saturated heterocycles. The molecule has 0 saturated carbocycles. The highest BCUT2D eigenvalue weighted by Gasteiger charge is 2.27. The minimum atomic E-state index is -4.16. The number of thioether (sulfide) groups is 1. The van der Waals surface area contributed by atoms with Crippen LogP contribution in [-0.4, -0.2) is 20.9 Å². The summed E-state index contributed by atoms with van der Waals surface area (Å²) >= 11 is -0.0381. The predicted octanol–water partition coefficient (Wildman–Crippen LogP) is 2.23. The van der Waals surface area contributed by atoms with Gasteiger partial charge in [-0.2, -0.15) is 13.2 Å². The third-order valence-corrected chi connectivity index (χ3v) is 2.32. The van der Waals surface area contributed by atoms with Crippen LogP contribution in [0.2, 0.25) is 0 Å². The van der Waals surface area contributed by atoms with E-state index in [0.29, 0.717) is 12.1 Å². The average Bonchev–Trinajstić information content (AvgIpc) is 2.50. The molecule has 0 aromatic carbocycles. The van der Waals surface area contributed by atoms with Crippen molar-refractivity contribution >= 4 is 11.8 Å². The maximum absolute atomic E-state index is 11.7. The fourth-order valence-corrected chi connectivity index (χ4v) is 1.52. The van der Waals surface area contributed by atoms with Crippen molar-refractivity contribution in [2.75, 3.05) is 5.75 Å². The van der Waals surface area contributed by atoms with Crippen molar-refractivity contribution in [3.63, 3.8) is 0 Å². The van der Waals surface area contributed by atoms with E-state index in [1.807, 2.05) is 0 Å². The molecule has 0 aliphatic heterocycles. The maximum atomic E-state index is 11.7. The monoisotopic (exact) mass is 225 g/mol. The SMILES string of the molecule is OCc1ccn(CCSC(F)(F)F)c1. The van der Waals surface area contributed by atoms with Crippen molar-refractivity contribution in [1.29, 1.82) is 0 Å². The van der Waals surface area contributed by atoms with Crippen LogP contribution in [0, 0.1) is 0 Å². The molecule has 0 spiro atoms. The summed E-state index contributed by atoms with van der Waals surface area (Å²) < 4.78 is 36.9. The molecule has 0 aliphatic carbocycles. The van der Waals surface area contributed by atoms with Crippen molar-refractivity contribution in [2.45, 2.75) is 18.7 Å². The molecule has 1 N–H and O–H groups in total. The lowest BCUT2D eigenvalue weighted by Gasteiger charge is -2.05. The van der Waals surface area contributed by atoms with E-state index >= 15 is 0 Å². The standard InChI is InChI=1S/C8H10F3NOS/c9-8(10,11)14-4-3-12-2-1-7(5-12)6-13/h1-2,5,13H,3-4,6H2. The molecule has 0 radical (unpaired) electrons. The summed E-state index contributed by atoms with van der Waals surface area (Å²) in [5.41, 5.74) is -3.45. The van der Waals surface area contributed by atoms with Gasteiger partial charge in [-0.15, -0.1) is 0 Å². The first kappa shape index (κ1) is 11.5. The second kappa shape index (κ2) is 4.75. The van der Waals surface area contributed by atoms with E-state index in [1.54, 1.807) is 23.0 Å². The lowest BCUT2D eigenvalue weighted by Crippen LogP contribution is -2.05. The van der Waals surface area contributed by atoms with Gasteiger partial charge in [0.05, 0.1) is 6.61 Å². The molecule has 80 valence electrons. The number of aromatic nitrogens is 1. The molecule has 0 amide bonds. The van der Waals surface area contributed by atoms with E-state index in [1.165, 1.54) is 0 Å². The number of alkyl halides is 3. The maximum Gasteiger partial charge on any atom is 0.441 e. The van der Waals surface area contributed by atoms with Crippen LogP contribution in [0.4, 0.5) is 13.2 Å². The van der Waals surface area contributed by atoms with Crippen LogP contribution >= 0.6 is 11.8 Å². The Morgan fingerprint density at radius 2 is 2.14 bits per heavy atom. The molecule has 0 fully saturated rings. The third kappa shape index (κ3) is 4.06. The van der Waals surface area contributed by atoms with Crippen molar-refractivity contribution in [1.82, 2.24) is 4.57 Å². The zero-order valence-electron chi connectivity index (χ0n) is 7.29. The molecular formula is C8H10F3NOS. The zero-order chi connectivity index (χ0) is 10.6. The summed E-state index contributed by atoms with van der Waals surface area (Å²) in [5, 5.41) is 8.71. The fraction of sp³-hybridized carbons (Fsp3) is 0.500. The number of aliphatic hydroxyl groups excluding tert-OH is 1. The van der Waals surface area contributed by atoms with Gasteiger partial charge in [0.1, 0.15) is 0 Å². The highest BCUT2D eigenvalue weighted by molar-refractivity contribution is 8.00. The van der Waals surface area contributed by atoms with Crippen LogP contribution in [0.15, 0.2) is 18.5 Å². The minimum absolute atomic E-state index is 0.0109. The summed E-state index contributed by atoms with van der Waals surface area (Å²) in [7, 11) is 0. The number of aryl methyl sites for hydroxylation is 1. The Hall–Kier alpha value is -0.620. The van der Waals surface area contributed by atoms with E-state index in [4.69, 9.17) is 5.11 Å². The van der Waals surface area contributed by atoms with E-state index in [-0.39, 0.29) is 24.1 Å². The molecule has 0 unspecified atom stereocenters. The van der Waals surface area contributed by atoms with Gasteiger partial charge in [-0.05, 0) is 23.4 Å². The Kier molecular flexibility index (Phi) is 3.88. The number of hydrogen-bond acceptors (Lipinski definition) is 2. The molecule has 0 bridgehead atoms. The zero-order valence-corrected chi connectivity index (χ0v) is 8.11. The number of hydrogen-bond donors (Lipinski definition) is 1. The van der Waals surface area contributed by atoms with Crippen molar-refractivity contribution in [3.05, 3.63) is 24.0 Å². The van der Waals surface area contributed by atoms with Crippen LogP contribution < -0.4 is 0 Å². The number of halogens is 3. The van der Waals surface area contributed by atoms with Gasteiger partial charge >= 0.3 is 5.51 Å². The molecule has 0 atom stereocenters. The molecule has 1 rings (SSSR count). The van der Waals surface area contributed by atoms with Crippen molar-refractivity contribution < 1.29 is 18.3 Å². The summed E-state index contributed by atoms with van der Waals surface area (Å²) in [6.07, 6.45) is 3.29. The van der Waals surface area contributed by atoms with Crippen molar-refractivity contribution in [3.8, 4) is 0 Å². The molecule has 1 aromatic rings. The van der Waals surface area contributed by atoms with E-state index in [0.717, 1.165) is 0 Å². The van der Waals surface area contributed by atoms with Gasteiger partial charge in [0.25, 0.3) is 0 Å². The Bertz CT molecular complexity index is 284. The minimum Gasteiger partial charge on any atom is -0.392 e. The smallest absolute Gasteiger partial charge is 0.392 e. The van der Waals surface area contributed by atoms with Gasteiger partial charge < -0.3 is 9.67 Å². The Labute approximate surface area is 83.7 Å². The fourth-order valence-electron chi connectivity index (χ4n) is 0.990. The van der Waals surface area contributed by atoms with Crippen LogP contribution in [0.3, 0.4) is 0 Å². The van der Waals surface area contributed by atoms with E-state index < -0.39 is 5.51 Å². The normalized spacial score (nSPS) is 12.0. The summed E-state index contributed by atoms with van der Waals surface area (Å²) in [6.45, 7) is 0.212. The van der Waals surface area contributed by atoms with Crippen LogP contribution in [0.25, 0.3) is 0 Å². The van der Waals surface area contributed by atoms with Gasteiger partial charge in [-0.25, -0.2) is 0 Å². The second-order valence-electron chi connectivity index (χ2n) is 2.71. The van der Waals surface area contributed by atoms with E-state index in [2.05, 4.69) is 0 Å². The molecule has 14 heavy (non-hydrogen) atoms. The lowest BCUT2D eigenvalue weighted by atomic mass is 10.4. The third-order valence-electron chi connectivity index (χ3n) is 1.61. The highest BCUT2D eigenvalue weighted by Crippen LogP contribution is 2.29. The molecule has 6 heteroatoms. The van der Waals surface area contributed by atoms with Gasteiger partial charge in [0.15, 0.2) is 0 Å². The highest BCUT2D eigenvalue weighted by atomic mass is 32.2. The Morgan fingerprint density at radius 3 is 2.64 bits per heavy atom. The first-order chi connectivity index (χ1) is 6.51. The van der Waals surface area contributed by atoms with Crippen LogP contribution in [0.5, 0.6) is 0 Å². The molecule has 1 heterocycles. The number of nitrogens with zero attached hydrogens (tertiary/aromatic N) is 1. The van der Waals surface area contributed by atoms with Gasteiger partial charge in [-0.3, -0.25) is 0 Å². The predicted molar refractivity (Wildman–Crippen MR) is 48.9 cm³/mol. The average molecular weight is 225 g/mol. The number of aliphatic hydroxyl groups is 1. The molecular weight excluding hydrogens is 215 g/mol. The lowest BCUT2D eigenvalue weighted by molar-refractivity contribution is -0.0328. The Morgan fingerprint density at radius 1 is 1.43 bits per heavy atom. The first-order valence-electron chi connectivity index (χ1n) is 3.97. The summed E-state index contributed by atoms with van der Waals surface area (Å²) in [6, 6.07) is 1.68. The van der Waals surface area contributed by atoms with Crippen LogP contribution in [-0.2, 0) is 13.2 Å². The second-order valence-corrected chi connectivity index (χ2v) is 3.87. The molecule has 1 aromatic heterocycles. The quantitative estimate of drug-likeness (QED) is 0.850. The van der Waals surface area contributed by atoms with E-state index in [9.17, 15) is 13.2 Å². The van der Waals surface area contributed by atoms with Gasteiger partial charge in [0, 0.05) is 24.7 Å². The van der Waals surface area contributed by atoms with Gasteiger partial charge in [0.2, 0.25) is 0 Å². The first-order valence-corrected chi connectivity index (χ1v) is 4.96. The Balaban J connectivity index is 2.31. The topological polar surface area (TPSA) is 25.2 Å².